The van der Waals surface area contributed by atoms with Crippen molar-refractivity contribution in [3.63, 3.8) is 0 Å². The van der Waals surface area contributed by atoms with Crippen molar-refractivity contribution < 1.29 is 4.79 Å². The number of pyridine rings is 1. The van der Waals surface area contributed by atoms with Crippen LogP contribution in [0.1, 0.15) is 23.8 Å². The molecular weight excluding hydrogens is 322 g/mol. The molecule has 2 aromatic heterocycles. The second-order valence-corrected chi connectivity index (χ2v) is 4.89. The van der Waals surface area contributed by atoms with E-state index < -0.39 is 0 Å². The third-order valence-corrected chi connectivity index (χ3v) is 3.11. The van der Waals surface area contributed by atoms with Gasteiger partial charge in [0.15, 0.2) is 5.69 Å². The molecule has 2 heterocycles. The SMILES string of the molecule is CCCNc1ccc(C(=O)Nc2ccncc2Br)nn1. The molecule has 2 aromatic rings. The molecule has 0 saturated heterocycles. The van der Waals surface area contributed by atoms with E-state index in [9.17, 15) is 4.79 Å². The molecule has 0 aliphatic rings. The number of carbonyl (C=O) groups excluding carboxylic acids is 1. The number of rotatable bonds is 5. The van der Waals surface area contributed by atoms with Gasteiger partial charge in [0.2, 0.25) is 0 Å². The van der Waals surface area contributed by atoms with E-state index in [-0.39, 0.29) is 11.6 Å². The number of nitrogens with one attached hydrogen (secondary N) is 2. The highest BCUT2D eigenvalue weighted by Gasteiger charge is 2.10. The number of anilines is 2. The average molecular weight is 336 g/mol. The number of hydrogen-bond acceptors (Lipinski definition) is 5. The van der Waals surface area contributed by atoms with Gasteiger partial charge in [0.25, 0.3) is 5.91 Å². The van der Waals surface area contributed by atoms with Crippen LogP contribution in [-0.2, 0) is 0 Å². The van der Waals surface area contributed by atoms with E-state index in [4.69, 9.17) is 0 Å². The first kappa shape index (κ1) is 14.4. The van der Waals surface area contributed by atoms with Gasteiger partial charge < -0.3 is 10.6 Å². The van der Waals surface area contributed by atoms with Crippen molar-refractivity contribution in [3.05, 3.63) is 40.8 Å². The average Bonchev–Trinajstić information content (AvgIpc) is 2.48. The van der Waals surface area contributed by atoms with E-state index in [1.165, 1.54) is 0 Å². The summed E-state index contributed by atoms with van der Waals surface area (Å²) in [5.74, 6) is 0.347. The predicted molar refractivity (Wildman–Crippen MR) is 80.7 cm³/mol. The summed E-state index contributed by atoms with van der Waals surface area (Å²) in [6, 6.07) is 5.07. The fourth-order valence-corrected chi connectivity index (χ4v) is 1.81. The van der Waals surface area contributed by atoms with Crippen molar-refractivity contribution in [3.8, 4) is 0 Å². The standard InChI is InChI=1S/C13H14BrN5O/c1-2-6-16-12-4-3-11(18-19-12)13(20)17-10-5-7-15-8-9(10)14/h3-5,7-8H,2,6H2,1H3,(H,16,19)(H,15,17,20). The molecule has 0 aliphatic carbocycles. The Balaban J connectivity index is 2.04. The molecule has 2 N–H and O–H groups in total. The van der Waals surface area contributed by atoms with Gasteiger partial charge in [0.1, 0.15) is 5.82 Å². The summed E-state index contributed by atoms with van der Waals surface area (Å²) in [5.41, 5.74) is 0.899. The number of carbonyl (C=O) groups is 1. The first-order chi connectivity index (χ1) is 9.70. The second kappa shape index (κ2) is 6.95. The molecular formula is C13H14BrN5O. The Morgan fingerprint density at radius 3 is 2.80 bits per heavy atom. The molecule has 0 spiro atoms. The lowest BCUT2D eigenvalue weighted by atomic mass is 10.3. The van der Waals surface area contributed by atoms with Gasteiger partial charge in [-0.2, -0.15) is 0 Å². The summed E-state index contributed by atoms with van der Waals surface area (Å²) >= 11 is 3.31. The van der Waals surface area contributed by atoms with Crippen LogP contribution in [0.2, 0.25) is 0 Å². The first-order valence-electron chi connectivity index (χ1n) is 6.19. The van der Waals surface area contributed by atoms with Gasteiger partial charge in [-0.3, -0.25) is 9.78 Å². The number of hydrogen-bond donors (Lipinski definition) is 2. The second-order valence-electron chi connectivity index (χ2n) is 4.04. The molecule has 0 atom stereocenters. The lowest BCUT2D eigenvalue weighted by molar-refractivity contribution is 0.102. The maximum absolute atomic E-state index is 12.0. The van der Waals surface area contributed by atoms with Crippen molar-refractivity contribution in [1.82, 2.24) is 15.2 Å². The van der Waals surface area contributed by atoms with Crippen LogP contribution in [0.15, 0.2) is 35.1 Å². The highest BCUT2D eigenvalue weighted by Crippen LogP contribution is 2.20. The Morgan fingerprint density at radius 2 is 2.15 bits per heavy atom. The Morgan fingerprint density at radius 1 is 1.30 bits per heavy atom. The van der Waals surface area contributed by atoms with Crippen molar-refractivity contribution in [1.29, 1.82) is 0 Å². The van der Waals surface area contributed by atoms with Gasteiger partial charge in [-0.25, -0.2) is 0 Å². The van der Waals surface area contributed by atoms with Crippen molar-refractivity contribution in [2.24, 2.45) is 0 Å². The summed E-state index contributed by atoms with van der Waals surface area (Å²) in [7, 11) is 0. The highest BCUT2D eigenvalue weighted by molar-refractivity contribution is 9.10. The minimum Gasteiger partial charge on any atom is -0.369 e. The molecule has 0 aromatic carbocycles. The quantitative estimate of drug-likeness (QED) is 0.878. The molecule has 0 saturated carbocycles. The smallest absolute Gasteiger partial charge is 0.276 e. The van der Waals surface area contributed by atoms with Crippen molar-refractivity contribution in [2.45, 2.75) is 13.3 Å². The normalized spacial score (nSPS) is 10.1. The van der Waals surface area contributed by atoms with Gasteiger partial charge in [-0.15, -0.1) is 10.2 Å². The number of halogens is 1. The maximum atomic E-state index is 12.0. The Hall–Kier alpha value is -2.02. The minimum absolute atomic E-state index is 0.260. The summed E-state index contributed by atoms with van der Waals surface area (Å²) in [4.78, 5) is 15.9. The van der Waals surface area contributed by atoms with Crippen molar-refractivity contribution in [2.75, 3.05) is 17.2 Å². The zero-order valence-corrected chi connectivity index (χ0v) is 12.5. The minimum atomic E-state index is -0.313. The fraction of sp³-hybridized carbons (Fsp3) is 0.231. The highest BCUT2D eigenvalue weighted by atomic mass is 79.9. The van der Waals surface area contributed by atoms with E-state index in [0.717, 1.165) is 13.0 Å². The summed E-state index contributed by atoms with van der Waals surface area (Å²) < 4.78 is 0.711. The van der Waals surface area contributed by atoms with Crippen LogP contribution in [0, 0.1) is 0 Å². The van der Waals surface area contributed by atoms with Crippen LogP contribution in [-0.4, -0.2) is 27.6 Å². The van der Waals surface area contributed by atoms with E-state index in [1.54, 1.807) is 30.6 Å². The van der Waals surface area contributed by atoms with Gasteiger partial charge >= 0.3 is 0 Å². The summed E-state index contributed by atoms with van der Waals surface area (Å²) in [5, 5.41) is 13.7. The molecule has 1 amide bonds. The Kier molecular flexibility index (Phi) is 5.00. The van der Waals surface area contributed by atoms with Crippen LogP contribution >= 0.6 is 15.9 Å². The molecule has 2 rings (SSSR count). The Labute approximate surface area is 125 Å². The molecule has 6 nitrogen and oxygen atoms in total. The van der Waals surface area contributed by atoms with Crippen LogP contribution in [0.4, 0.5) is 11.5 Å². The van der Waals surface area contributed by atoms with E-state index in [1.807, 2.05) is 0 Å². The molecule has 0 unspecified atom stereocenters. The zero-order chi connectivity index (χ0) is 14.4. The van der Waals surface area contributed by atoms with Crippen LogP contribution in [0.3, 0.4) is 0 Å². The maximum Gasteiger partial charge on any atom is 0.276 e. The number of nitrogens with zero attached hydrogens (tertiary/aromatic N) is 3. The number of aromatic nitrogens is 3. The fourth-order valence-electron chi connectivity index (χ4n) is 1.46. The monoisotopic (exact) mass is 335 g/mol. The molecule has 0 radical (unpaired) electrons. The van der Waals surface area contributed by atoms with Gasteiger partial charge in [-0.1, -0.05) is 6.92 Å². The Bertz CT molecular complexity index is 588. The summed E-state index contributed by atoms with van der Waals surface area (Å²) in [6.45, 7) is 2.89. The third-order valence-electron chi connectivity index (χ3n) is 2.47. The van der Waals surface area contributed by atoms with E-state index in [0.29, 0.717) is 16.0 Å². The first-order valence-corrected chi connectivity index (χ1v) is 6.98. The molecule has 0 bridgehead atoms. The molecule has 104 valence electrons. The lowest BCUT2D eigenvalue weighted by Crippen LogP contribution is -2.15. The van der Waals surface area contributed by atoms with Gasteiger partial charge in [-0.05, 0) is 40.5 Å². The zero-order valence-electron chi connectivity index (χ0n) is 10.9. The molecule has 7 heteroatoms. The van der Waals surface area contributed by atoms with Crippen LogP contribution in [0.5, 0.6) is 0 Å². The summed E-state index contributed by atoms with van der Waals surface area (Å²) in [6.07, 6.45) is 4.21. The largest absolute Gasteiger partial charge is 0.369 e. The van der Waals surface area contributed by atoms with Crippen LogP contribution < -0.4 is 10.6 Å². The molecule has 0 fully saturated rings. The van der Waals surface area contributed by atoms with E-state index >= 15 is 0 Å². The van der Waals surface area contributed by atoms with Crippen molar-refractivity contribution >= 4 is 33.3 Å². The lowest BCUT2D eigenvalue weighted by Gasteiger charge is -2.06. The van der Waals surface area contributed by atoms with Crippen LogP contribution in [0.25, 0.3) is 0 Å². The van der Waals surface area contributed by atoms with E-state index in [2.05, 4.69) is 48.7 Å². The topological polar surface area (TPSA) is 79.8 Å². The molecule has 20 heavy (non-hydrogen) atoms. The van der Waals surface area contributed by atoms with Gasteiger partial charge in [0, 0.05) is 18.9 Å². The third kappa shape index (κ3) is 3.74. The molecule has 0 aliphatic heterocycles. The van der Waals surface area contributed by atoms with Gasteiger partial charge in [0.05, 0.1) is 10.2 Å². The number of amides is 1. The predicted octanol–water partition coefficient (Wildman–Crippen LogP) is 2.71.